The van der Waals surface area contributed by atoms with Crippen LogP contribution in [-0.2, 0) is 4.79 Å². The first-order chi connectivity index (χ1) is 5.22. The molecule has 3 nitrogen and oxygen atoms in total. The molecule has 11 heavy (non-hydrogen) atoms. The Kier molecular flexibility index (Phi) is 5.47. The molecule has 0 aliphatic rings. The molecule has 1 amide bonds. The number of nitrogens with two attached hydrogens (primary N) is 1. The monoisotopic (exact) mass is 156 g/mol. The smallest absolute Gasteiger partial charge is 0.259 e. The number of carbonyl (C=O) groups excluding carboxylic acids is 1. The second-order valence-corrected chi connectivity index (χ2v) is 2.44. The minimum Gasteiger partial charge on any atom is -0.277 e. The van der Waals surface area contributed by atoms with Gasteiger partial charge in [-0.15, -0.1) is 0 Å². The van der Waals surface area contributed by atoms with Gasteiger partial charge < -0.3 is 0 Å². The lowest BCUT2D eigenvalue weighted by Crippen LogP contribution is -2.36. The second-order valence-electron chi connectivity index (χ2n) is 2.44. The van der Waals surface area contributed by atoms with Crippen LogP contribution in [0.1, 0.15) is 26.2 Å². The summed E-state index contributed by atoms with van der Waals surface area (Å²) in [6.07, 6.45) is 4.44. The van der Waals surface area contributed by atoms with Crippen molar-refractivity contribution in [1.82, 2.24) is 5.01 Å². The summed E-state index contributed by atoms with van der Waals surface area (Å²) in [7, 11) is 0. The molecule has 3 heteroatoms. The molecule has 64 valence electrons. The van der Waals surface area contributed by atoms with Crippen LogP contribution in [0.2, 0.25) is 0 Å². The molecule has 0 aromatic heterocycles. The van der Waals surface area contributed by atoms with E-state index in [0.29, 0.717) is 6.54 Å². The predicted octanol–water partition coefficient (Wildman–Crippen LogP) is 1.06. The van der Waals surface area contributed by atoms with E-state index in [2.05, 4.69) is 13.5 Å². The first-order valence-corrected chi connectivity index (χ1v) is 3.91. The van der Waals surface area contributed by atoms with E-state index in [-0.39, 0.29) is 5.91 Å². The molecule has 0 aromatic carbocycles. The molecule has 0 heterocycles. The predicted molar refractivity (Wildman–Crippen MR) is 45.6 cm³/mol. The number of hydrogen-bond donors (Lipinski definition) is 1. The SMILES string of the molecule is C=CC(=O)N(N)CCCCC. The van der Waals surface area contributed by atoms with Gasteiger partial charge in [-0.1, -0.05) is 26.3 Å². The van der Waals surface area contributed by atoms with Crippen LogP contribution < -0.4 is 5.84 Å². The fraction of sp³-hybridized carbons (Fsp3) is 0.625. The van der Waals surface area contributed by atoms with Gasteiger partial charge in [0.1, 0.15) is 0 Å². The zero-order valence-electron chi connectivity index (χ0n) is 7.05. The van der Waals surface area contributed by atoms with E-state index < -0.39 is 0 Å². The van der Waals surface area contributed by atoms with Gasteiger partial charge in [-0.05, 0) is 12.5 Å². The van der Waals surface area contributed by atoms with Crippen molar-refractivity contribution in [3.8, 4) is 0 Å². The van der Waals surface area contributed by atoms with Crippen molar-refractivity contribution in [2.75, 3.05) is 6.54 Å². The van der Waals surface area contributed by atoms with Crippen LogP contribution in [0.15, 0.2) is 12.7 Å². The molecule has 0 saturated carbocycles. The van der Waals surface area contributed by atoms with Gasteiger partial charge in [0.2, 0.25) is 0 Å². The fourth-order valence-corrected chi connectivity index (χ4v) is 0.760. The molecule has 0 aliphatic carbocycles. The van der Waals surface area contributed by atoms with Crippen LogP contribution in [0, 0.1) is 0 Å². The Morgan fingerprint density at radius 2 is 2.27 bits per heavy atom. The maximum Gasteiger partial charge on any atom is 0.259 e. The summed E-state index contributed by atoms with van der Waals surface area (Å²) >= 11 is 0. The lowest BCUT2D eigenvalue weighted by atomic mass is 10.2. The summed E-state index contributed by atoms with van der Waals surface area (Å²) in [6.45, 7) is 6.07. The van der Waals surface area contributed by atoms with Gasteiger partial charge >= 0.3 is 0 Å². The van der Waals surface area contributed by atoms with Crippen LogP contribution in [0.3, 0.4) is 0 Å². The number of carbonyl (C=O) groups is 1. The topological polar surface area (TPSA) is 46.3 Å². The van der Waals surface area contributed by atoms with Crippen LogP contribution >= 0.6 is 0 Å². The van der Waals surface area contributed by atoms with Gasteiger partial charge in [0.25, 0.3) is 5.91 Å². The van der Waals surface area contributed by atoms with Crippen LogP contribution in [0.4, 0.5) is 0 Å². The number of hydrazine groups is 1. The van der Waals surface area contributed by atoms with E-state index in [1.165, 1.54) is 11.1 Å². The minimum atomic E-state index is -0.207. The summed E-state index contributed by atoms with van der Waals surface area (Å²) in [5, 5.41) is 1.20. The largest absolute Gasteiger partial charge is 0.277 e. The molecule has 0 atom stereocenters. The molecule has 0 radical (unpaired) electrons. The van der Waals surface area contributed by atoms with Crippen LogP contribution in [0.5, 0.6) is 0 Å². The Balaban J connectivity index is 3.43. The number of rotatable bonds is 5. The molecular formula is C8H16N2O. The third-order valence-electron chi connectivity index (χ3n) is 1.46. The van der Waals surface area contributed by atoms with Crippen LogP contribution in [-0.4, -0.2) is 17.5 Å². The molecular weight excluding hydrogens is 140 g/mol. The third-order valence-corrected chi connectivity index (χ3v) is 1.46. The van der Waals surface area contributed by atoms with Crippen molar-refractivity contribution in [2.45, 2.75) is 26.2 Å². The van der Waals surface area contributed by atoms with Gasteiger partial charge in [-0.25, -0.2) is 5.84 Å². The Hall–Kier alpha value is -0.830. The first-order valence-electron chi connectivity index (χ1n) is 3.91. The van der Waals surface area contributed by atoms with Crippen molar-refractivity contribution >= 4 is 5.91 Å². The highest BCUT2D eigenvalue weighted by Gasteiger charge is 2.02. The average molecular weight is 156 g/mol. The molecule has 0 rings (SSSR count). The van der Waals surface area contributed by atoms with E-state index in [4.69, 9.17) is 5.84 Å². The van der Waals surface area contributed by atoms with Crippen molar-refractivity contribution in [1.29, 1.82) is 0 Å². The molecule has 0 aromatic rings. The summed E-state index contributed by atoms with van der Waals surface area (Å²) in [5.74, 6) is 5.17. The van der Waals surface area contributed by atoms with E-state index in [1.54, 1.807) is 0 Å². The molecule has 2 N–H and O–H groups in total. The molecule has 0 saturated heterocycles. The van der Waals surface area contributed by atoms with Gasteiger partial charge in [-0.3, -0.25) is 9.80 Å². The molecule has 0 fully saturated rings. The lowest BCUT2D eigenvalue weighted by Gasteiger charge is -2.13. The molecule has 0 bridgehead atoms. The quantitative estimate of drug-likeness (QED) is 0.213. The zero-order valence-corrected chi connectivity index (χ0v) is 7.05. The Labute approximate surface area is 67.8 Å². The number of hydrogen-bond acceptors (Lipinski definition) is 2. The Morgan fingerprint density at radius 1 is 1.64 bits per heavy atom. The van der Waals surface area contributed by atoms with E-state index >= 15 is 0 Å². The average Bonchev–Trinajstić information content (AvgIpc) is 2.03. The van der Waals surface area contributed by atoms with Crippen LogP contribution in [0.25, 0.3) is 0 Å². The molecule has 0 aliphatic heterocycles. The van der Waals surface area contributed by atoms with E-state index in [1.807, 2.05) is 0 Å². The highest BCUT2D eigenvalue weighted by atomic mass is 16.2. The highest BCUT2D eigenvalue weighted by molar-refractivity contribution is 5.86. The third kappa shape index (κ3) is 4.56. The minimum absolute atomic E-state index is 0.207. The number of nitrogens with zero attached hydrogens (tertiary/aromatic N) is 1. The van der Waals surface area contributed by atoms with Gasteiger partial charge in [0.05, 0.1) is 0 Å². The summed E-state index contributed by atoms with van der Waals surface area (Å²) in [4.78, 5) is 10.8. The van der Waals surface area contributed by atoms with Crippen molar-refractivity contribution in [3.05, 3.63) is 12.7 Å². The standard InChI is InChI=1S/C8H16N2O/c1-3-5-6-7-10(9)8(11)4-2/h4H,2-3,5-7,9H2,1H3. The Morgan fingerprint density at radius 3 is 2.73 bits per heavy atom. The molecule has 0 unspecified atom stereocenters. The zero-order chi connectivity index (χ0) is 8.69. The number of unbranched alkanes of at least 4 members (excludes halogenated alkanes) is 2. The van der Waals surface area contributed by atoms with Gasteiger partial charge in [0.15, 0.2) is 0 Å². The van der Waals surface area contributed by atoms with E-state index in [0.717, 1.165) is 19.3 Å². The van der Waals surface area contributed by atoms with Crippen molar-refractivity contribution in [2.24, 2.45) is 5.84 Å². The Bertz CT molecular complexity index is 134. The summed E-state index contributed by atoms with van der Waals surface area (Å²) < 4.78 is 0. The molecule has 0 spiro atoms. The summed E-state index contributed by atoms with van der Waals surface area (Å²) in [5.41, 5.74) is 0. The fourth-order valence-electron chi connectivity index (χ4n) is 0.760. The number of amides is 1. The van der Waals surface area contributed by atoms with Gasteiger partial charge in [0, 0.05) is 6.54 Å². The maximum atomic E-state index is 10.8. The first kappa shape index (κ1) is 10.2. The normalized spacial score (nSPS) is 9.27. The second kappa shape index (κ2) is 5.92. The van der Waals surface area contributed by atoms with Crippen molar-refractivity contribution in [3.63, 3.8) is 0 Å². The van der Waals surface area contributed by atoms with Gasteiger partial charge in [-0.2, -0.15) is 0 Å². The van der Waals surface area contributed by atoms with Crippen molar-refractivity contribution < 1.29 is 4.79 Å². The van der Waals surface area contributed by atoms with E-state index in [9.17, 15) is 4.79 Å². The summed E-state index contributed by atoms with van der Waals surface area (Å²) in [6, 6.07) is 0. The highest BCUT2D eigenvalue weighted by Crippen LogP contribution is 1.94. The maximum absolute atomic E-state index is 10.8. The lowest BCUT2D eigenvalue weighted by molar-refractivity contribution is -0.126.